The van der Waals surface area contributed by atoms with Crippen LogP contribution >= 0.6 is 0 Å². The maximum absolute atomic E-state index is 12.0. The summed E-state index contributed by atoms with van der Waals surface area (Å²) in [6.07, 6.45) is 39.6. The fourth-order valence-electron chi connectivity index (χ4n) is 6.08. The highest BCUT2D eigenvalue weighted by Gasteiger charge is 2.16. The summed E-state index contributed by atoms with van der Waals surface area (Å²) >= 11 is 0. The summed E-state index contributed by atoms with van der Waals surface area (Å²) in [6.45, 7) is 6.39. The maximum atomic E-state index is 12.0. The van der Waals surface area contributed by atoms with Gasteiger partial charge in [0.05, 0.1) is 12.2 Å². The predicted molar refractivity (Wildman–Crippen MR) is 217 cm³/mol. The van der Waals surface area contributed by atoms with E-state index in [9.17, 15) is 24.9 Å². The van der Waals surface area contributed by atoms with E-state index in [1.54, 1.807) is 0 Å². The molecule has 0 saturated heterocycles. The number of unbranched alkanes of at least 4 members (excludes halogenated alkanes) is 18. The highest BCUT2D eigenvalue weighted by molar-refractivity contribution is 5.69. The van der Waals surface area contributed by atoms with Gasteiger partial charge in [-0.15, -0.1) is 0 Å². The van der Waals surface area contributed by atoms with E-state index in [-0.39, 0.29) is 32.0 Å². The number of carbonyl (C=O) groups is 2. The van der Waals surface area contributed by atoms with Crippen molar-refractivity contribution in [1.29, 1.82) is 0 Å². The summed E-state index contributed by atoms with van der Waals surface area (Å²) in [6, 6.07) is 0. The average molecular weight is 735 g/mol. The molecule has 3 N–H and O–H groups in total. The fourth-order valence-corrected chi connectivity index (χ4v) is 6.08. The van der Waals surface area contributed by atoms with Crippen LogP contribution in [0.15, 0.2) is 36.5 Å². The first-order valence-corrected chi connectivity index (χ1v) is 21.6. The zero-order chi connectivity index (χ0) is 38.3. The highest BCUT2D eigenvalue weighted by Crippen LogP contribution is 2.16. The van der Waals surface area contributed by atoms with E-state index in [2.05, 4.69) is 45.1 Å². The Morgan fingerprint density at radius 3 is 1.44 bits per heavy atom. The smallest absolute Gasteiger partial charge is 0.305 e. The van der Waals surface area contributed by atoms with Gasteiger partial charge < -0.3 is 24.8 Å². The van der Waals surface area contributed by atoms with E-state index in [1.165, 1.54) is 109 Å². The Bertz CT molecular complexity index is 881. The second-order valence-electron chi connectivity index (χ2n) is 15.3. The van der Waals surface area contributed by atoms with Crippen LogP contribution in [0.5, 0.6) is 0 Å². The van der Waals surface area contributed by atoms with E-state index in [0.717, 1.165) is 44.4 Å². The Hall–Kier alpha value is -1.96. The van der Waals surface area contributed by atoms with Crippen molar-refractivity contribution < 1.29 is 34.4 Å². The van der Waals surface area contributed by atoms with Crippen LogP contribution in [-0.4, -0.2) is 58.8 Å². The second kappa shape index (κ2) is 38.8. The van der Waals surface area contributed by atoms with Crippen LogP contribution in [-0.2, 0) is 19.1 Å². The Morgan fingerprint density at radius 2 is 0.942 bits per heavy atom. The molecule has 0 aromatic heterocycles. The lowest BCUT2D eigenvalue weighted by Gasteiger charge is -2.16. The molecular formula is C45H82O7. The van der Waals surface area contributed by atoms with Crippen molar-refractivity contribution in [3.63, 3.8) is 0 Å². The molecule has 0 aromatic carbocycles. The SMILES string of the molecule is CCCCC/C=C\C/C=C\C/C=C\CC(O)C(O)CCCC(=O)OC[C@H](O)COC(=O)CCCCCCCCCCCCCCCCCCC(C)C. The zero-order valence-electron chi connectivity index (χ0n) is 34.0. The van der Waals surface area contributed by atoms with Gasteiger partial charge in [0.25, 0.3) is 0 Å². The Morgan fingerprint density at radius 1 is 0.500 bits per heavy atom. The molecule has 0 aliphatic rings. The molecule has 0 spiro atoms. The minimum Gasteiger partial charge on any atom is -0.463 e. The van der Waals surface area contributed by atoms with Crippen LogP contribution in [0.1, 0.15) is 201 Å². The van der Waals surface area contributed by atoms with Gasteiger partial charge in [-0.2, -0.15) is 0 Å². The topological polar surface area (TPSA) is 113 Å². The summed E-state index contributed by atoms with van der Waals surface area (Å²) in [4.78, 5) is 24.0. The number of esters is 2. The van der Waals surface area contributed by atoms with Gasteiger partial charge in [-0.1, -0.05) is 173 Å². The molecule has 0 aliphatic carbocycles. The largest absolute Gasteiger partial charge is 0.463 e. The quantitative estimate of drug-likeness (QED) is 0.0329. The molecule has 0 rings (SSSR count). The van der Waals surface area contributed by atoms with Crippen molar-refractivity contribution in [1.82, 2.24) is 0 Å². The Labute approximate surface area is 320 Å². The number of aliphatic hydroxyl groups excluding tert-OH is 3. The molecule has 0 aliphatic heterocycles. The van der Waals surface area contributed by atoms with Gasteiger partial charge in [-0.3, -0.25) is 9.59 Å². The zero-order valence-corrected chi connectivity index (χ0v) is 34.0. The highest BCUT2D eigenvalue weighted by atomic mass is 16.6. The molecule has 7 nitrogen and oxygen atoms in total. The van der Waals surface area contributed by atoms with Crippen LogP contribution in [0.25, 0.3) is 0 Å². The van der Waals surface area contributed by atoms with Crippen molar-refractivity contribution >= 4 is 11.9 Å². The lowest BCUT2D eigenvalue weighted by Crippen LogP contribution is -2.26. The number of allylic oxidation sites excluding steroid dienone is 5. The standard InChI is InChI=1S/C45H82O7/c1-4-5-6-7-8-9-10-18-21-24-27-30-34-42(47)43(48)35-32-37-45(50)52-39-41(46)38-51-44(49)36-31-28-25-22-19-16-14-12-11-13-15-17-20-23-26-29-33-40(2)3/h8-9,18,21,27,30,40-43,46-48H,4-7,10-17,19-20,22-26,28-29,31-39H2,1-3H3/b9-8-,21-18-,30-27-/t41-,42?,43?/m1/s1. The molecule has 0 heterocycles. The molecule has 0 fully saturated rings. The van der Waals surface area contributed by atoms with E-state index in [4.69, 9.17) is 9.47 Å². The van der Waals surface area contributed by atoms with Gasteiger partial charge in [0, 0.05) is 12.8 Å². The van der Waals surface area contributed by atoms with Gasteiger partial charge in [0.2, 0.25) is 0 Å². The molecule has 0 bridgehead atoms. The first kappa shape index (κ1) is 50.0. The summed E-state index contributed by atoms with van der Waals surface area (Å²) in [5.74, 6) is 0.0139. The molecule has 0 radical (unpaired) electrons. The minimum absolute atomic E-state index is 0.0723. The number of carbonyl (C=O) groups excluding carboxylic acids is 2. The van der Waals surface area contributed by atoms with Gasteiger partial charge >= 0.3 is 11.9 Å². The third kappa shape index (κ3) is 37.8. The van der Waals surface area contributed by atoms with Crippen LogP contribution in [0, 0.1) is 5.92 Å². The van der Waals surface area contributed by atoms with Crippen LogP contribution in [0.4, 0.5) is 0 Å². The molecular weight excluding hydrogens is 652 g/mol. The maximum Gasteiger partial charge on any atom is 0.305 e. The third-order valence-corrected chi connectivity index (χ3v) is 9.51. The van der Waals surface area contributed by atoms with E-state index < -0.39 is 24.3 Å². The number of ether oxygens (including phenoxy) is 2. The monoisotopic (exact) mass is 735 g/mol. The molecule has 0 saturated carbocycles. The Kier molecular flexibility index (Phi) is 37.3. The van der Waals surface area contributed by atoms with Gasteiger partial charge in [0.15, 0.2) is 0 Å². The molecule has 0 aromatic rings. The first-order valence-electron chi connectivity index (χ1n) is 21.6. The van der Waals surface area contributed by atoms with Crippen molar-refractivity contribution in [2.24, 2.45) is 5.92 Å². The minimum atomic E-state index is -1.07. The summed E-state index contributed by atoms with van der Waals surface area (Å²) in [7, 11) is 0. The summed E-state index contributed by atoms with van der Waals surface area (Å²) < 4.78 is 10.2. The fraction of sp³-hybridized carbons (Fsp3) is 0.822. The summed E-state index contributed by atoms with van der Waals surface area (Å²) in [5, 5.41) is 30.4. The number of hydrogen-bond donors (Lipinski definition) is 3. The lowest BCUT2D eigenvalue weighted by molar-refractivity contribution is -0.152. The van der Waals surface area contributed by atoms with Crippen LogP contribution < -0.4 is 0 Å². The summed E-state index contributed by atoms with van der Waals surface area (Å²) in [5.41, 5.74) is 0. The van der Waals surface area contributed by atoms with Crippen LogP contribution in [0.3, 0.4) is 0 Å². The second-order valence-corrected chi connectivity index (χ2v) is 15.3. The molecule has 7 heteroatoms. The lowest BCUT2D eigenvalue weighted by atomic mass is 10.0. The third-order valence-electron chi connectivity index (χ3n) is 9.51. The van der Waals surface area contributed by atoms with Crippen molar-refractivity contribution in [3.05, 3.63) is 36.5 Å². The molecule has 52 heavy (non-hydrogen) atoms. The van der Waals surface area contributed by atoms with E-state index >= 15 is 0 Å². The van der Waals surface area contributed by atoms with Crippen molar-refractivity contribution in [2.45, 2.75) is 219 Å². The van der Waals surface area contributed by atoms with Crippen molar-refractivity contribution in [2.75, 3.05) is 13.2 Å². The molecule has 304 valence electrons. The number of hydrogen-bond acceptors (Lipinski definition) is 7. The van der Waals surface area contributed by atoms with Gasteiger partial charge in [0.1, 0.15) is 19.3 Å². The average Bonchev–Trinajstić information content (AvgIpc) is 3.12. The van der Waals surface area contributed by atoms with E-state index in [1.807, 2.05) is 12.2 Å². The Balaban J connectivity index is 3.62. The van der Waals surface area contributed by atoms with Gasteiger partial charge in [-0.05, 0) is 57.3 Å². The van der Waals surface area contributed by atoms with Gasteiger partial charge in [-0.25, -0.2) is 0 Å². The van der Waals surface area contributed by atoms with E-state index in [0.29, 0.717) is 19.3 Å². The molecule has 3 atom stereocenters. The number of rotatable bonds is 38. The molecule has 0 amide bonds. The first-order chi connectivity index (χ1) is 25.3. The van der Waals surface area contributed by atoms with Crippen LogP contribution in [0.2, 0.25) is 0 Å². The van der Waals surface area contributed by atoms with Crippen molar-refractivity contribution in [3.8, 4) is 0 Å². The number of aliphatic hydroxyl groups is 3. The normalized spacial score (nSPS) is 13.8. The molecule has 2 unspecified atom stereocenters. The predicted octanol–water partition coefficient (Wildman–Crippen LogP) is 11.4.